The van der Waals surface area contributed by atoms with E-state index < -0.39 is 16.7 Å². The minimum Gasteiger partial charge on any atom is -0.265 e. The Hall–Kier alpha value is -1.81. The average molecular weight is 484 g/mol. The normalized spacial score (nSPS) is 19.6. The van der Waals surface area contributed by atoms with Crippen LogP contribution in [0.25, 0.3) is 5.70 Å². The molecule has 1 atom stereocenters. The molecule has 0 fully saturated rings. The molecule has 1 heterocycles. The van der Waals surface area contributed by atoms with Gasteiger partial charge in [-0.25, -0.2) is 0 Å². The number of nitro groups is 1. The summed E-state index contributed by atoms with van der Waals surface area (Å²) < 4.78 is 41.9. The molecule has 0 radical (unpaired) electrons. The second-order valence-electron chi connectivity index (χ2n) is 5.58. The highest BCUT2D eigenvalue weighted by Gasteiger charge is 2.59. The summed E-state index contributed by atoms with van der Waals surface area (Å²) in [6, 6.07) is 7.38. The number of hydroxylamine groups is 1. The highest BCUT2D eigenvalue weighted by molar-refractivity contribution is 9.10. The summed E-state index contributed by atoms with van der Waals surface area (Å²) in [7, 11) is 0. The lowest BCUT2D eigenvalue weighted by Crippen LogP contribution is -2.42. The maximum absolute atomic E-state index is 13.9. The van der Waals surface area contributed by atoms with Crippen LogP contribution in [0.2, 0.25) is 10.0 Å². The molecule has 11 heteroatoms. The van der Waals surface area contributed by atoms with Crippen molar-refractivity contribution in [2.45, 2.75) is 11.8 Å². The van der Waals surface area contributed by atoms with Crippen LogP contribution >= 0.6 is 39.1 Å². The van der Waals surface area contributed by atoms with Gasteiger partial charge in [0.25, 0.3) is 5.69 Å². The van der Waals surface area contributed by atoms with Crippen LogP contribution in [0.4, 0.5) is 18.9 Å². The predicted molar refractivity (Wildman–Crippen MR) is 97.2 cm³/mol. The fraction of sp³-hybridized carbons (Fsp3) is 0.125. The molecule has 27 heavy (non-hydrogen) atoms. The number of rotatable bonds is 3. The van der Waals surface area contributed by atoms with Crippen LogP contribution in [-0.2, 0) is 10.4 Å². The van der Waals surface area contributed by atoms with Gasteiger partial charge in [-0.2, -0.15) is 13.2 Å². The monoisotopic (exact) mass is 482 g/mol. The first-order valence-corrected chi connectivity index (χ1v) is 8.73. The number of nitrogens with one attached hydrogen (secondary N) is 1. The van der Waals surface area contributed by atoms with Gasteiger partial charge in [-0.15, -0.1) is 0 Å². The first-order valence-electron chi connectivity index (χ1n) is 7.18. The summed E-state index contributed by atoms with van der Waals surface area (Å²) >= 11 is 14.7. The van der Waals surface area contributed by atoms with Crippen molar-refractivity contribution in [2.75, 3.05) is 0 Å². The minimum absolute atomic E-state index is 0.00542. The molecule has 1 aliphatic heterocycles. The number of nitrogens with zero attached hydrogens (tertiary/aromatic N) is 1. The van der Waals surface area contributed by atoms with E-state index in [4.69, 9.17) is 28.0 Å². The molecule has 0 aromatic heterocycles. The van der Waals surface area contributed by atoms with Crippen LogP contribution in [0.5, 0.6) is 0 Å². The molecule has 0 saturated carbocycles. The van der Waals surface area contributed by atoms with Crippen molar-refractivity contribution in [3.05, 3.63) is 78.2 Å². The van der Waals surface area contributed by atoms with E-state index in [1.54, 1.807) is 0 Å². The number of halogens is 6. The smallest absolute Gasteiger partial charge is 0.265 e. The molecule has 0 spiro atoms. The maximum Gasteiger partial charge on any atom is 0.428 e. The third-order valence-corrected chi connectivity index (χ3v) is 4.94. The molecule has 0 aliphatic carbocycles. The third-order valence-electron chi connectivity index (χ3n) is 3.84. The van der Waals surface area contributed by atoms with E-state index >= 15 is 0 Å². The van der Waals surface area contributed by atoms with Gasteiger partial charge in [-0.3, -0.25) is 20.4 Å². The molecule has 1 unspecified atom stereocenters. The zero-order valence-corrected chi connectivity index (χ0v) is 16.1. The molecule has 5 nitrogen and oxygen atoms in total. The molecule has 1 N–H and O–H groups in total. The highest BCUT2D eigenvalue weighted by Crippen LogP contribution is 2.48. The highest BCUT2D eigenvalue weighted by atomic mass is 79.9. The molecule has 1 aliphatic rings. The van der Waals surface area contributed by atoms with Crippen LogP contribution < -0.4 is 5.48 Å². The molecule has 2 aromatic rings. The summed E-state index contributed by atoms with van der Waals surface area (Å²) in [5, 5.41) is 11.1. The van der Waals surface area contributed by atoms with Crippen molar-refractivity contribution in [3.63, 3.8) is 0 Å². The van der Waals surface area contributed by atoms with Gasteiger partial charge < -0.3 is 0 Å². The number of nitro benzene ring substituents is 1. The summed E-state index contributed by atoms with van der Waals surface area (Å²) in [5.41, 5.74) is -1.23. The zero-order valence-electron chi connectivity index (χ0n) is 13.0. The Bertz CT molecular complexity index is 948. The molecular weight excluding hydrogens is 476 g/mol. The first kappa shape index (κ1) is 19.9. The van der Waals surface area contributed by atoms with E-state index in [0.29, 0.717) is 0 Å². The molecule has 3 rings (SSSR count). The Balaban J connectivity index is 2.15. The lowest BCUT2D eigenvalue weighted by molar-refractivity contribution is -0.385. The summed E-state index contributed by atoms with van der Waals surface area (Å²) in [4.78, 5) is 15.3. The van der Waals surface area contributed by atoms with Gasteiger partial charge in [0.05, 0.1) is 15.1 Å². The van der Waals surface area contributed by atoms with Gasteiger partial charge >= 0.3 is 6.18 Å². The number of benzene rings is 2. The van der Waals surface area contributed by atoms with E-state index in [1.807, 2.05) is 0 Å². The van der Waals surface area contributed by atoms with Gasteiger partial charge in [-0.1, -0.05) is 29.3 Å². The summed E-state index contributed by atoms with van der Waals surface area (Å²) in [5.74, 6) is 0. The first-order chi connectivity index (χ1) is 12.5. The lowest BCUT2D eigenvalue weighted by atomic mass is 9.91. The van der Waals surface area contributed by atoms with Gasteiger partial charge in [-0.05, 0) is 46.3 Å². The standard InChI is InChI=1S/C16H8BrCl2F3N2O3/c17-12-2-1-8(3-14(12)24(25)26)13-7-15(27-23-13,16(20,21)22)9-4-10(18)6-11(19)5-9/h1-7,23H. The van der Waals surface area contributed by atoms with Crippen LogP contribution in [0.3, 0.4) is 0 Å². The van der Waals surface area contributed by atoms with Crippen LogP contribution in [-0.4, -0.2) is 11.1 Å². The van der Waals surface area contributed by atoms with Crippen molar-refractivity contribution in [1.29, 1.82) is 0 Å². The topological polar surface area (TPSA) is 64.4 Å². The van der Waals surface area contributed by atoms with Gasteiger partial charge in [0, 0.05) is 27.2 Å². The van der Waals surface area contributed by atoms with Crippen molar-refractivity contribution >= 4 is 50.5 Å². The largest absolute Gasteiger partial charge is 0.428 e. The van der Waals surface area contributed by atoms with Crippen LogP contribution in [0.15, 0.2) is 46.9 Å². The van der Waals surface area contributed by atoms with E-state index in [0.717, 1.165) is 24.3 Å². The molecule has 142 valence electrons. The second-order valence-corrected chi connectivity index (χ2v) is 7.30. The molecule has 0 saturated heterocycles. The summed E-state index contributed by atoms with van der Waals surface area (Å²) in [6.45, 7) is 0. The Labute approximate surface area is 168 Å². The third kappa shape index (κ3) is 3.64. The Morgan fingerprint density at radius 1 is 1.15 bits per heavy atom. The Morgan fingerprint density at radius 2 is 1.78 bits per heavy atom. The fourth-order valence-electron chi connectivity index (χ4n) is 2.57. The molecular formula is C16H8BrCl2F3N2O3. The van der Waals surface area contributed by atoms with Gasteiger partial charge in [0.2, 0.25) is 5.60 Å². The van der Waals surface area contributed by atoms with Crippen LogP contribution in [0.1, 0.15) is 11.1 Å². The number of alkyl halides is 3. The maximum atomic E-state index is 13.9. The van der Waals surface area contributed by atoms with Crippen molar-refractivity contribution in [1.82, 2.24) is 5.48 Å². The Kier molecular flexibility index (Phi) is 5.15. The SMILES string of the molecule is O=[N+]([O-])c1cc(C2=CC(c3cc(Cl)cc(Cl)c3)(C(F)(F)F)ON2)ccc1Br. The van der Waals surface area contributed by atoms with Crippen molar-refractivity contribution in [2.24, 2.45) is 0 Å². The van der Waals surface area contributed by atoms with Gasteiger partial charge in [0.1, 0.15) is 0 Å². The fourth-order valence-corrected chi connectivity index (χ4v) is 3.49. The predicted octanol–water partition coefficient (Wildman–Crippen LogP) is 6.00. The molecule has 0 amide bonds. The van der Waals surface area contributed by atoms with Crippen LogP contribution in [0, 0.1) is 10.1 Å². The van der Waals surface area contributed by atoms with Gasteiger partial charge in [0.15, 0.2) is 0 Å². The molecule has 0 bridgehead atoms. The quantitative estimate of drug-likeness (QED) is 0.429. The van der Waals surface area contributed by atoms with E-state index in [1.165, 1.54) is 18.2 Å². The van der Waals surface area contributed by atoms with E-state index in [9.17, 15) is 23.3 Å². The average Bonchev–Trinajstić information content (AvgIpc) is 3.00. The van der Waals surface area contributed by atoms with Crippen molar-refractivity contribution in [3.8, 4) is 0 Å². The lowest BCUT2D eigenvalue weighted by Gasteiger charge is -2.28. The van der Waals surface area contributed by atoms with E-state index in [2.05, 4.69) is 21.4 Å². The minimum atomic E-state index is -4.86. The summed E-state index contributed by atoms with van der Waals surface area (Å²) in [6.07, 6.45) is -4.07. The van der Waals surface area contributed by atoms with Crippen molar-refractivity contribution < 1.29 is 22.9 Å². The van der Waals surface area contributed by atoms with E-state index in [-0.39, 0.29) is 37.0 Å². The second kappa shape index (κ2) is 6.97. The number of hydrogen-bond donors (Lipinski definition) is 1. The Morgan fingerprint density at radius 3 is 2.33 bits per heavy atom. The number of hydrogen-bond acceptors (Lipinski definition) is 4. The zero-order chi connectivity index (χ0) is 20.0. The molecule has 2 aromatic carbocycles.